The maximum Gasteiger partial charge on any atom is 0.0214 e. The molecule has 0 fully saturated rings. The van der Waals surface area contributed by atoms with Gasteiger partial charge in [0.2, 0.25) is 0 Å². The van der Waals surface area contributed by atoms with Crippen LogP contribution >= 0.6 is 0 Å². The summed E-state index contributed by atoms with van der Waals surface area (Å²) < 4.78 is 0. The van der Waals surface area contributed by atoms with Crippen molar-refractivity contribution in [3.05, 3.63) is 207 Å². The molecule has 6 aromatic rings. The molecule has 0 heterocycles. The third kappa shape index (κ3) is 7.36. The van der Waals surface area contributed by atoms with Gasteiger partial charge in [-0.25, -0.2) is 0 Å². The molecule has 0 radical (unpaired) electrons. The zero-order valence-electron chi connectivity index (χ0n) is 33.7. The summed E-state index contributed by atoms with van der Waals surface area (Å²) in [6, 6.07) is 47.6. The van der Waals surface area contributed by atoms with E-state index in [1.807, 2.05) is 0 Å². The number of fused-ring (bicyclic) bond motifs is 3. The van der Waals surface area contributed by atoms with Crippen molar-refractivity contribution >= 4 is 6.08 Å². The molecule has 0 spiro atoms. The van der Waals surface area contributed by atoms with Crippen molar-refractivity contribution in [3.63, 3.8) is 0 Å². The Labute approximate surface area is 330 Å². The second-order valence-electron chi connectivity index (χ2n) is 17.8. The van der Waals surface area contributed by atoms with Crippen LogP contribution in [0, 0.1) is 6.92 Å². The van der Waals surface area contributed by atoms with Gasteiger partial charge in [0.1, 0.15) is 0 Å². The number of rotatable bonds is 8. The fourth-order valence-corrected chi connectivity index (χ4v) is 8.95. The molecule has 0 amide bonds. The van der Waals surface area contributed by atoms with E-state index in [1.165, 1.54) is 89.0 Å². The van der Waals surface area contributed by atoms with Crippen molar-refractivity contribution in [1.29, 1.82) is 0 Å². The lowest BCUT2D eigenvalue weighted by molar-refractivity contribution is 0.590. The van der Waals surface area contributed by atoms with E-state index in [0.29, 0.717) is 0 Å². The fraction of sp³-hybridized carbons (Fsp3) is 0.236. The molecule has 0 nitrogen and oxygen atoms in total. The highest BCUT2D eigenvalue weighted by Gasteiger charge is 2.34. The highest BCUT2D eigenvalue weighted by atomic mass is 14.4. The predicted molar refractivity (Wildman–Crippen MR) is 237 cm³/mol. The highest BCUT2D eigenvalue weighted by Crippen LogP contribution is 2.52. The van der Waals surface area contributed by atoms with Crippen molar-refractivity contribution in [1.82, 2.24) is 0 Å². The van der Waals surface area contributed by atoms with Gasteiger partial charge in [-0.2, -0.15) is 0 Å². The molecule has 0 aliphatic heterocycles. The van der Waals surface area contributed by atoms with Gasteiger partial charge in [-0.05, 0) is 139 Å². The first kappa shape index (κ1) is 36.5. The first-order chi connectivity index (χ1) is 26.5. The zero-order valence-corrected chi connectivity index (χ0v) is 33.7. The van der Waals surface area contributed by atoms with Gasteiger partial charge in [0, 0.05) is 5.92 Å². The van der Waals surface area contributed by atoms with Gasteiger partial charge < -0.3 is 0 Å². The molecular formula is C55H54. The van der Waals surface area contributed by atoms with E-state index in [-0.39, 0.29) is 16.7 Å². The lowest BCUT2D eigenvalue weighted by atomic mass is 9.74. The largest absolute Gasteiger partial charge is 0.0732 e. The lowest BCUT2D eigenvalue weighted by Gasteiger charge is -2.30. The van der Waals surface area contributed by atoms with Gasteiger partial charge in [-0.3, -0.25) is 0 Å². The first-order valence-electron chi connectivity index (χ1n) is 20.1. The second-order valence-corrected chi connectivity index (χ2v) is 17.8. The Morgan fingerprint density at radius 1 is 0.564 bits per heavy atom. The summed E-state index contributed by atoms with van der Waals surface area (Å²) in [5.41, 5.74) is 22.1. The number of allylic oxidation sites excluding steroid dienone is 5. The Hall–Kier alpha value is -5.46. The lowest BCUT2D eigenvalue weighted by Crippen LogP contribution is -2.16. The minimum atomic E-state index is -0.0610. The Balaban J connectivity index is 1.32. The molecule has 0 aromatic heterocycles. The molecular weight excluding hydrogens is 661 g/mol. The summed E-state index contributed by atoms with van der Waals surface area (Å²) in [7, 11) is 0. The summed E-state index contributed by atoms with van der Waals surface area (Å²) in [6.45, 7) is 16.6. The Bertz CT molecular complexity index is 2400. The Morgan fingerprint density at radius 2 is 1.11 bits per heavy atom. The standard InChI is InChI=1S/C55H54/c1-37-20-14-18-28-44(37)53-51(55(5,6)7)36-47-46-35-50(54(2,3)4)48(33-43(46)34-49(47)52(53)41-25-15-16-26-41)45-29-19-17-27-42(45)32-40(30-38-21-10-8-11-22-38)31-39-23-12-9-13-24-39/h8-29,32-33,35-36,41H,30-31,34H2,1-7H3. The number of aryl methyl sites for hydroxylation is 1. The smallest absolute Gasteiger partial charge is 0.0214 e. The third-order valence-corrected chi connectivity index (χ3v) is 11.6. The first-order valence-corrected chi connectivity index (χ1v) is 20.1. The molecule has 274 valence electrons. The normalized spacial score (nSPS) is 13.6. The van der Waals surface area contributed by atoms with Crippen LogP contribution in [0.4, 0.5) is 0 Å². The van der Waals surface area contributed by atoms with Crippen LogP contribution in [-0.4, -0.2) is 0 Å². The van der Waals surface area contributed by atoms with Gasteiger partial charge in [0.05, 0.1) is 0 Å². The molecule has 2 aliphatic carbocycles. The molecule has 55 heavy (non-hydrogen) atoms. The fourth-order valence-electron chi connectivity index (χ4n) is 8.95. The van der Waals surface area contributed by atoms with Crippen LogP contribution in [0.25, 0.3) is 39.5 Å². The number of hydrogen-bond acceptors (Lipinski definition) is 0. The van der Waals surface area contributed by atoms with Crippen molar-refractivity contribution in [3.8, 4) is 33.4 Å². The summed E-state index contributed by atoms with van der Waals surface area (Å²) in [4.78, 5) is 0. The average Bonchev–Trinajstić information content (AvgIpc) is 3.82. The maximum absolute atomic E-state index is 2.57. The molecule has 0 bridgehead atoms. The summed E-state index contributed by atoms with van der Waals surface area (Å²) in [6.07, 6.45) is 14.5. The second kappa shape index (κ2) is 14.6. The number of hydrogen-bond donors (Lipinski definition) is 0. The summed E-state index contributed by atoms with van der Waals surface area (Å²) in [5.74, 6) is 0.250. The minimum absolute atomic E-state index is 0.0362. The van der Waals surface area contributed by atoms with E-state index >= 15 is 0 Å². The van der Waals surface area contributed by atoms with Crippen LogP contribution < -0.4 is 0 Å². The van der Waals surface area contributed by atoms with Crippen molar-refractivity contribution in [2.45, 2.75) is 84.5 Å². The summed E-state index contributed by atoms with van der Waals surface area (Å²) in [5, 5.41) is 0. The molecule has 0 N–H and O–H groups in total. The van der Waals surface area contributed by atoms with E-state index in [2.05, 4.69) is 206 Å². The van der Waals surface area contributed by atoms with Crippen molar-refractivity contribution in [2.24, 2.45) is 0 Å². The molecule has 6 aromatic carbocycles. The third-order valence-electron chi connectivity index (χ3n) is 11.6. The molecule has 0 saturated heterocycles. The molecule has 0 atom stereocenters. The van der Waals surface area contributed by atoms with E-state index in [4.69, 9.17) is 0 Å². The quantitative estimate of drug-likeness (QED) is 0.147. The van der Waals surface area contributed by atoms with Crippen LogP contribution in [-0.2, 0) is 30.1 Å². The van der Waals surface area contributed by atoms with Crippen LogP contribution in [0.1, 0.15) is 97.5 Å². The van der Waals surface area contributed by atoms with Gasteiger partial charge in [0.15, 0.2) is 0 Å². The van der Waals surface area contributed by atoms with Crippen LogP contribution in [0.15, 0.2) is 157 Å². The molecule has 2 aliphatic rings. The molecule has 0 unspecified atom stereocenters. The zero-order chi connectivity index (χ0) is 38.3. The topological polar surface area (TPSA) is 0 Å². The van der Waals surface area contributed by atoms with E-state index < -0.39 is 0 Å². The van der Waals surface area contributed by atoms with E-state index in [1.54, 1.807) is 0 Å². The molecule has 0 heteroatoms. The Morgan fingerprint density at radius 3 is 1.71 bits per heavy atom. The predicted octanol–water partition coefficient (Wildman–Crippen LogP) is 14.6. The minimum Gasteiger partial charge on any atom is -0.0732 e. The van der Waals surface area contributed by atoms with Gasteiger partial charge >= 0.3 is 0 Å². The van der Waals surface area contributed by atoms with Crippen LogP contribution in [0.3, 0.4) is 0 Å². The van der Waals surface area contributed by atoms with Crippen molar-refractivity contribution < 1.29 is 0 Å². The van der Waals surface area contributed by atoms with E-state index in [9.17, 15) is 0 Å². The average molecular weight is 715 g/mol. The SMILES string of the molecule is Cc1ccccc1-c1c(C(C)(C)C)cc2c(c1C1C=CC=C1)Cc1cc(-c3ccccc3C=C(Cc3ccccc3)Cc3ccccc3)c(C(C)(C)C)cc1-2. The highest BCUT2D eigenvalue weighted by molar-refractivity contribution is 5.90. The van der Waals surface area contributed by atoms with Gasteiger partial charge in [0.25, 0.3) is 0 Å². The Kier molecular flexibility index (Phi) is 9.72. The maximum atomic E-state index is 2.57. The molecule has 8 rings (SSSR count). The van der Waals surface area contributed by atoms with Gasteiger partial charge in [-0.1, -0.05) is 187 Å². The number of benzene rings is 6. The van der Waals surface area contributed by atoms with Crippen molar-refractivity contribution in [2.75, 3.05) is 0 Å². The monoisotopic (exact) mass is 714 g/mol. The molecule has 0 saturated carbocycles. The van der Waals surface area contributed by atoms with E-state index in [0.717, 1.165) is 19.3 Å². The summed E-state index contributed by atoms with van der Waals surface area (Å²) >= 11 is 0. The van der Waals surface area contributed by atoms with Gasteiger partial charge in [-0.15, -0.1) is 0 Å². The van der Waals surface area contributed by atoms with Crippen LogP contribution in [0.5, 0.6) is 0 Å². The van der Waals surface area contributed by atoms with Crippen LogP contribution in [0.2, 0.25) is 0 Å².